The molecule has 0 aliphatic rings. The number of benzene rings is 2. The highest BCUT2D eigenvalue weighted by Gasteiger charge is 2.17. The van der Waals surface area contributed by atoms with Crippen molar-refractivity contribution in [2.45, 2.75) is 13.3 Å². The zero-order valence-electron chi connectivity index (χ0n) is 18.7. The molecule has 36 heavy (non-hydrogen) atoms. The number of nitro benzene ring substituents is 1. The molecule has 3 heterocycles. The van der Waals surface area contributed by atoms with Crippen molar-refractivity contribution < 1.29 is 9.72 Å². The van der Waals surface area contributed by atoms with Gasteiger partial charge in [-0.15, -0.1) is 0 Å². The quantitative estimate of drug-likeness (QED) is 0.265. The van der Waals surface area contributed by atoms with E-state index in [1.807, 2.05) is 0 Å². The number of hydrogen-bond acceptors (Lipinski definition) is 7. The maximum Gasteiger partial charge on any atom is 0.269 e. The van der Waals surface area contributed by atoms with E-state index in [2.05, 4.69) is 25.5 Å². The highest BCUT2D eigenvalue weighted by molar-refractivity contribution is 6.30. The zero-order chi connectivity index (χ0) is 25.4. The number of amides is 1. The molecule has 180 valence electrons. The molecule has 0 fully saturated rings. The summed E-state index contributed by atoms with van der Waals surface area (Å²) >= 11 is 6.11. The van der Waals surface area contributed by atoms with Crippen LogP contribution in [0.2, 0.25) is 5.02 Å². The summed E-state index contributed by atoms with van der Waals surface area (Å²) in [4.78, 5) is 43.0. The predicted molar refractivity (Wildman–Crippen MR) is 132 cm³/mol. The van der Waals surface area contributed by atoms with E-state index in [0.29, 0.717) is 22.0 Å². The van der Waals surface area contributed by atoms with Crippen molar-refractivity contribution in [2.75, 3.05) is 5.32 Å². The summed E-state index contributed by atoms with van der Waals surface area (Å²) < 4.78 is 2.81. The number of nitrogens with one attached hydrogen (secondary N) is 2. The molecule has 0 radical (unpaired) electrons. The van der Waals surface area contributed by atoms with E-state index in [1.54, 1.807) is 37.3 Å². The van der Waals surface area contributed by atoms with Crippen molar-refractivity contribution in [3.8, 4) is 11.6 Å². The second-order valence-electron chi connectivity index (χ2n) is 7.89. The van der Waals surface area contributed by atoms with Gasteiger partial charge in [0.1, 0.15) is 11.2 Å². The van der Waals surface area contributed by atoms with Crippen molar-refractivity contribution in [2.24, 2.45) is 0 Å². The zero-order valence-corrected chi connectivity index (χ0v) is 19.4. The number of anilines is 1. The van der Waals surface area contributed by atoms with Crippen LogP contribution in [0.25, 0.3) is 22.7 Å². The monoisotopic (exact) mass is 504 g/mol. The fourth-order valence-electron chi connectivity index (χ4n) is 3.66. The van der Waals surface area contributed by atoms with E-state index in [0.717, 1.165) is 0 Å². The van der Waals surface area contributed by atoms with Gasteiger partial charge in [-0.2, -0.15) is 19.9 Å². The van der Waals surface area contributed by atoms with E-state index >= 15 is 0 Å². The Morgan fingerprint density at radius 3 is 2.67 bits per heavy atom. The van der Waals surface area contributed by atoms with Crippen LogP contribution in [-0.2, 0) is 11.2 Å². The number of fused-ring (bicyclic) bond motifs is 1. The molecule has 3 aromatic heterocycles. The third-order valence-corrected chi connectivity index (χ3v) is 5.52. The lowest BCUT2D eigenvalue weighted by Crippen LogP contribution is -2.20. The Labute approximate surface area is 207 Å². The molecule has 5 aromatic rings. The minimum Gasteiger partial charge on any atom is -0.310 e. The van der Waals surface area contributed by atoms with Crippen LogP contribution in [0.1, 0.15) is 11.3 Å². The van der Waals surface area contributed by atoms with Gasteiger partial charge in [-0.3, -0.25) is 24.7 Å². The Hall–Kier alpha value is -4.84. The molecule has 0 aliphatic carbocycles. The first-order chi connectivity index (χ1) is 17.3. The van der Waals surface area contributed by atoms with Gasteiger partial charge in [-0.25, -0.2) is 4.68 Å². The molecular formula is C23H17ClN8O4. The number of H-pyrrole nitrogens is 1. The number of aryl methyl sites for hydroxylation is 1. The van der Waals surface area contributed by atoms with E-state index < -0.39 is 10.5 Å². The van der Waals surface area contributed by atoms with E-state index in [-0.39, 0.29) is 40.8 Å². The average Bonchev–Trinajstić information content (AvgIpc) is 3.43. The van der Waals surface area contributed by atoms with Crippen molar-refractivity contribution in [1.29, 1.82) is 0 Å². The summed E-state index contributed by atoms with van der Waals surface area (Å²) in [7, 11) is 0. The van der Waals surface area contributed by atoms with Crippen LogP contribution < -0.4 is 10.9 Å². The van der Waals surface area contributed by atoms with Gasteiger partial charge in [0.15, 0.2) is 5.65 Å². The predicted octanol–water partition coefficient (Wildman–Crippen LogP) is 3.35. The minimum atomic E-state index is -0.506. The highest BCUT2D eigenvalue weighted by atomic mass is 35.5. The molecule has 13 heteroatoms. The lowest BCUT2D eigenvalue weighted by molar-refractivity contribution is -0.384. The Kier molecular flexibility index (Phi) is 5.78. The van der Waals surface area contributed by atoms with Crippen LogP contribution >= 0.6 is 11.6 Å². The second-order valence-corrected chi connectivity index (χ2v) is 8.33. The number of carbonyl (C=O) groups excluding carboxylic acids is 1. The molecule has 0 aliphatic heterocycles. The molecule has 0 unspecified atom stereocenters. The van der Waals surface area contributed by atoms with Crippen LogP contribution in [0.3, 0.4) is 0 Å². The molecule has 1 amide bonds. The van der Waals surface area contributed by atoms with Crippen molar-refractivity contribution in [3.05, 3.63) is 97.5 Å². The third kappa shape index (κ3) is 4.44. The minimum absolute atomic E-state index is 0.0211. The lowest BCUT2D eigenvalue weighted by atomic mass is 10.1. The van der Waals surface area contributed by atoms with E-state index in [4.69, 9.17) is 11.6 Å². The van der Waals surface area contributed by atoms with Gasteiger partial charge in [0.25, 0.3) is 11.2 Å². The Morgan fingerprint density at radius 1 is 1.17 bits per heavy atom. The van der Waals surface area contributed by atoms with Gasteiger partial charge in [0.2, 0.25) is 11.9 Å². The van der Waals surface area contributed by atoms with Crippen molar-refractivity contribution >= 4 is 40.0 Å². The fraction of sp³-hybridized carbons (Fsp3) is 0.0870. The van der Waals surface area contributed by atoms with E-state index in [1.165, 1.54) is 39.8 Å². The molecule has 0 saturated heterocycles. The first kappa shape index (κ1) is 22.9. The normalized spacial score (nSPS) is 11.1. The maximum absolute atomic E-state index is 12.8. The van der Waals surface area contributed by atoms with Crippen LogP contribution in [0.15, 0.2) is 65.6 Å². The molecule has 0 atom stereocenters. The van der Waals surface area contributed by atoms with Gasteiger partial charge < -0.3 is 5.32 Å². The van der Waals surface area contributed by atoms with Gasteiger partial charge in [0.05, 0.1) is 28.9 Å². The van der Waals surface area contributed by atoms with Crippen molar-refractivity contribution in [1.82, 2.24) is 29.5 Å². The Morgan fingerprint density at radius 2 is 1.94 bits per heavy atom. The van der Waals surface area contributed by atoms with E-state index in [9.17, 15) is 19.7 Å². The van der Waals surface area contributed by atoms with Gasteiger partial charge in [-0.05, 0) is 30.7 Å². The Balaban J connectivity index is 1.47. The van der Waals surface area contributed by atoms with Crippen LogP contribution in [0, 0.1) is 17.0 Å². The molecular weight excluding hydrogens is 488 g/mol. The third-order valence-electron chi connectivity index (χ3n) is 5.29. The number of nitro groups is 1. The highest BCUT2D eigenvalue weighted by Crippen LogP contribution is 2.20. The topological polar surface area (TPSA) is 154 Å². The number of carbonyl (C=O) groups is 1. The number of hydrogen-bond donors (Lipinski definition) is 2. The Bertz CT molecular complexity index is 1690. The van der Waals surface area contributed by atoms with Crippen LogP contribution in [0.4, 0.5) is 11.5 Å². The average molecular weight is 505 g/mol. The molecule has 0 spiro atoms. The SMILES string of the molecule is Cc1cc(NC(=O)Cc2ccc([N+](=O)[O-])cc2)n(-c2nc3c(cnn3-c3cccc(Cl)c3)c(=O)[nH]2)n1. The number of halogens is 1. The number of rotatable bonds is 6. The largest absolute Gasteiger partial charge is 0.310 e. The van der Waals surface area contributed by atoms with Gasteiger partial charge in [-0.1, -0.05) is 29.8 Å². The standard InChI is InChI=1S/C23H17ClN8O4/c1-13-9-19(26-20(33)10-14-5-7-16(8-6-14)32(35)36)31(29-13)23-27-21-18(22(34)28-23)12-25-30(21)17-4-2-3-15(24)11-17/h2-9,11-12H,10H2,1H3,(H,26,33)(H,27,28,34). The fourth-order valence-corrected chi connectivity index (χ4v) is 3.85. The molecule has 12 nitrogen and oxygen atoms in total. The summed E-state index contributed by atoms with van der Waals surface area (Å²) in [5, 5.41) is 23.0. The second kappa shape index (κ2) is 9.07. The van der Waals surface area contributed by atoms with Crippen molar-refractivity contribution in [3.63, 3.8) is 0 Å². The first-order valence-corrected chi connectivity index (χ1v) is 11.0. The molecule has 2 N–H and O–H groups in total. The van der Waals surface area contributed by atoms with Crippen LogP contribution in [-0.4, -0.2) is 40.4 Å². The number of non-ortho nitro benzene ring substituents is 1. The lowest BCUT2D eigenvalue weighted by Gasteiger charge is -2.09. The summed E-state index contributed by atoms with van der Waals surface area (Å²) in [5.74, 6) is -0.0110. The molecule has 0 saturated carbocycles. The summed E-state index contributed by atoms with van der Waals surface area (Å²) in [6.07, 6.45) is 1.39. The summed E-state index contributed by atoms with van der Waals surface area (Å²) in [6.45, 7) is 1.73. The first-order valence-electron chi connectivity index (χ1n) is 10.6. The molecule has 0 bridgehead atoms. The molecule has 2 aromatic carbocycles. The summed E-state index contributed by atoms with van der Waals surface area (Å²) in [6, 6.07) is 14.3. The number of aromatic amines is 1. The smallest absolute Gasteiger partial charge is 0.269 e. The van der Waals surface area contributed by atoms with Gasteiger partial charge >= 0.3 is 0 Å². The molecule has 5 rings (SSSR count). The van der Waals surface area contributed by atoms with Crippen LogP contribution in [0.5, 0.6) is 0 Å². The van der Waals surface area contributed by atoms with Gasteiger partial charge in [0, 0.05) is 23.2 Å². The number of aromatic nitrogens is 6. The number of nitrogens with zero attached hydrogens (tertiary/aromatic N) is 6. The maximum atomic E-state index is 12.8. The summed E-state index contributed by atoms with van der Waals surface area (Å²) in [5.41, 5.74) is 1.59.